The van der Waals surface area contributed by atoms with Gasteiger partial charge in [-0.05, 0) is 61.8 Å². The number of likely N-dealkylation sites (N-methyl/N-ethyl adjacent to an activating group) is 1. The van der Waals surface area contributed by atoms with Gasteiger partial charge in [0.15, 0.2) is 6.10 Å². The van der Waals surface area contributed by atoms with E-state index in [-0.39, 0.29) is 30.2 Å². The third kappa shape index (κ3) is 9.05. The van der Waals surface area contributed by atoms with Crippen LogP contribution in [0.1, 0.15) is 69.8 Å². The van der Waals surface area contributed by atoms with Crippen LogP contribution in [0, 0.1) is 5.92 Å². The van der Waals surface area contributed by atoms with Crippen molar-refractivity contribution in [1.82, 2.24) is 10.2 Å². The van der Waals surface area contributed by atoms with Crippen molar-refractivity contribution in [2.45, 2.75) is 88.3 Å². The fourth-order valence-electron chi connectivity index (χ4n) is 5.69. The highest BCUT2D eigenvalue weighted by Crippen LogP contribution is 2.44. The van der Waals surface area contributed by atoms with Gasteiger partial charge < -0.3 is 19.7 Å². The topological polar surface area (TPSA) is 105 Å². The molecule has 3 amide bonds. The Labute approximate surface area is 247 Å². The molecule has 0 aromatic heterocycles. The lowest BCUT2D eigenvalue weighted by molar-refractivity contribution is -0.135. The van der Waals surface area contributed by atoms with Gasteiger partial charge in [-0.15, -0.1) is 0 Å². The van der Waals surface area contributed by atoms with Crippen LogP contribution in [0.4, 0.5) is 10.5 Å². The Morgan fingerprint density at radius 3 is 2.46 bits per heavy atom. The molecule has 2 aromatic carbocycles. The predicted octanol–water partition coefficient (Wildman–Crippen LogP) is 5.93. The molecule has 2 aliphatic carbocycles. The van der Waals surface area contributed by atoms with Gasteiger partial charge in [-0.1, -0.05) is 80.1 Å². The van der Waals surface area contributed by atoms with Crippen molar-refractivity contribution in [2.75, 3.05) is 12.4 Å². The van der Waals surface area contributed by atoms with Gasteiger partial charge in [0, 0.05) is 29.7 Å². The number of carbonyl (C=O) groups excluding carboxylic acids is 4. The lowest BCUT2D eigenvalue weighted by Crippen LogP contribution is -2.46. The van der Waals surface area contributed by atoms with Crippen molar-refractivity contribution >= 4 is 41.5 Å². The second-order valence-corrected chi connectivity index (χ2v) is 11.8. The number of aldehydes is 1. The summed E-state index contributed by atoms with van der Waals surface area (Å²) in [5.74, 6) is -0.337. The van der Waals surface area contributed by atoms with E-state index in [0.717, 1.165) is 51.4 Å². The number of halogens is 1. The fraction of sp³-hybridized carbons (Fsp3) is 0.500. The van der Waals surface area contributed by atoms with Crippen LogP contribution in [0.2, 0.25) is 5.02 Å². The van der Waals surface area contributed by atoms with E-state index in [1.54, 1.807) is 29.2 Å². The molecule has 9 heteroatoms. The molecule has 2 fully saturated rings. The Morgan fingerprint density at radius 1 is 1.07 bits per heavy atom. The van der Waals surface area contributed by atoms with Gasteiger partial charge in [-0.2, -0.15) is 0 Å². The molecule has 0 aliphatic heterocycles. The van der Waals surface area contributed by atoms with Crippen LogP contribution in [0.5, 0.6) is 0 Å². The summed E-state index contributed by atoms with van der Waals surface area (Å²) in [6.45, 7) is 0. The molecule has 0 radical (unpaired) electrons. The summed E-state index contributed by atoms with van der Waals surface area (Å²) in [4.78, 5) is 52.8. The number of amides is 3. The highest BCUT2D eigenvalue weighted by Gasteiger charge is 2.48. The lowest BCUT2D eigenvalue weighted by Gasteiger charge is -2.29. The maximum absolute atomic E-state index is 13.3. The van der Waals surface area contributed by atoms with Gasteiger partial charge in [0.25, 0.3) is 5.91 Å². The first-order valence-electron chi connectivity index (χ1n) is 14.6. The maximum Gasteiger partial charge on any atom is 0.412 e. The van der Waals surface area contributed by atoms with Gasteiger partial charge in [0.2, 0.25) is 5.91 Å². The Hall–Kier alpha value is -3.39. The Bertz CT molecular complexity index is 1200. The quantitative estimate of drug-likeness (QED) is 0.285. The van der Waals surface area contributed by atoms with Gasteiger partial charge in [-0.3, -0.25) is 14.9 Å². The monoisotopic (exact) mass is 581 g/mol. The molecule has 8 nitrogen and oxygen atoms in total. The number of benzene rings is 2. The van der Waals surface area contributed by atoms with Crippen molar-refractivity contribution in [3.63, 3.8) is 0 Å². The van der Waals surface area contributed by atoms with Crippen molar-refractivity contribution in [1.29, 1.82) is 0 Å². The standard InChI is InChI=1S/C32H40ClN3O5/c1-36(32(17-18-32)21-24-11-6-3-7-12-24)29(38)16-15-27(22-37)34-30(39)28(19-23-9-4-2-5-10-23)41-31(40)35-26-14-8-13-25(33)20-26/h3,6-8,11-14,20,22-23,27-28H,2,4-5,9-10,15-19,21H2,1H3,(H,34,39)(H,35,40)/t27-,28-/m0/s1. The van der Waals surface area contributed by atoms with Crippen LogP contribution in [0.25, 0.3) is 0 Å². The maximum atomic E-state index is 13.3. The van der Waals surface area contributed by atoms with E-state index in [2.05, 4.69) is 22.8 Å². The summed E-state index contributed by atoms with van der Waals surface area (Å²) in [5.41, 5.74) is 1.45. The predicted molar refractivity (Wildman–Crippen MR) is 159 cm³/mol. The molecule has 2 saturated carbocycles. The molecule has 0 bridgehead atoms. The molecule has 4 rings (SSSR count). The third-order valence-corrected chi connectivity index (χ3v) is 8.57. The van der Waals surface area contributed by atoms with Crippen molar-refractivity contribution < 1.29 is 23.9 Å². The molecular formula is C32H40ClN3O5. The zero-order valence-corrected chi connectivity index (χ0v) is 24.4. The van der Waals surface area contributed by atoms with E-state index in [1.807, 2.05) is 25.2 Å². The Balaban J connectivity index is 1.32. The molecule has 2 atom stereocenters. The summed E-state index contributed by atoms with van der Waals surface area (Å²) in [7, 11) is 1.82. The minimum atomic E-state index is -1.06. The molecule has 0 heterocycles. The smallest absolute Gasteiger partial charge is 0.412 e. The van der Waals surface area contributed by atoms with E-state index in [4.69, 9.17) is 16.3 Å². The summed E-state index contributed by atoms with van der Waals surface area (Å²) in [6, 6.07) is 15.9. The van der Waals surface area contributed by atoms with E-state index >= 15 is 0 Å². The second-order valence-electron chi connectivity index (χ2n) is 11.4. The van der Waals surface area contributed by atoms with Crippen LogP contribution in [0.3, 0.4) is 0 Å². The van der Waals surface area contributed by atoms with Crippen LogP contribution in [-0.4, -0.2) is 53.8 Å². The zero-order valence-electron chi connectivity index (χ0n) is 23.7. The van der Waals surface area contributed by atoms with Gasteiger partial charge >= 0.3 is 6.09 Å². The van der Waals surface area contributed by atoms with Gasteiger partial charge in [0.1, 0.15) is 6.29 Å². The fourth-order valence-corrected chi connectivity index (χ4v) is 5.88. The van der Waals surface area contributed by atoms with E-state index < -0.39 is 24.1 Å². The number of hydrogen-bond acceptors (Lipinski definition) is 5. The number of rotatable bonds is 13. The second kappa shape index (κ2) is 14.5. The van der Waals surface area contributed by atoms with Crippen molar-refractivity contribution in [2.24, 2.45) is 5.92 Å². The minimum absolute atomic E-state index is 0.0598. The molecular weight excluding hydrogens is 542 g/mol. The molecule has 2 N–H and O–H groups in total. The van der Waals surface area contributed by atoms with E-state index in [9.17, 15) is 19.2 Å². The molecule has 0 unspecified atom stereocenters. The largest absolute Gasteiger partial charge is 0.436 e. The Morgan fingerprint density at radius 2 is 1.80 bits per heavy atom. The normalized spacial score (nSPS) is 17.5. The summed E-state index contributed by atoms with van der Waals surface area (Å²) in [5, 5.41) is 5.80. The zero-order chi connectivity index (χ0) is 29.2. The van der Waals surface area contributed by atoms with Crippen LogP contribution in [0.15, 0.2) is 54.6 Å². The van der Waals surface area contributed by atoms with Crippen LogP contribution in [-0.2, 0) is 25.5 Å². The SMILES string of the molecule is CN(C(=O)CC[C@@H](C=O)NC(=O)[C@H](CC1CCCCC1)OC(=O)Nc1cccc(Cl)c1)C1(Cc2ccccc2)CC1. The van der Waals surface area contributed by atoms with Crippen molar-refractivity contribution in [3.05, 3.63) is 65.2 Å². The summed E-state index contributed by atoms with van der Waals surface area (Å²) < 4.78 is 5.58. The third-order valence-electron chi connectivity index (χ3n) is 8.33. The molecule has 0 spiro atoms. The molecule has 2 aromatic rings. The highest BCUT2D eigenvalue weighted by atomic mass is 35.5. The first kappa shape index (κ1) is 30.6. The Kier molecular flexibility index (Phi) is 10.8. The van der Waals surface area contributed by atoms with Gasteiger partial charge in [0.05, 0.1) is 6.04 Å². The number of carbonyl (C=O) groups is 4. The average Bonchev–Trinajstić information content (AvgIpc) is 3.75. The molecule has 41 heavy (non-hydrogen) atoms. The molecule has 220 valence electrons. The number of nitrogens with zero attached hydrogens (tertiary/aromatic N) is 1. The van der Waals surface area contributed by atoms with E-state index in [1.165, 1.54) is 5.56 Å². The first-order valence-corrected chi connectivity index (χ1v) is 15.0. The number of anilines is 1. The van der Waals surface area contributed by atoms with Crippen molar-refractivity contribution in [3.8, 4) is 0 Å². The van der Waals surface area contributed by atoms with Gasteiger partial charge in [-0.25, -0.2) is 4.79 Å². The van der Waals surface area contributed by atoms with E-state index in [0.29, 0.717) is 23.4 Å². The minimum Gasteiger partial charge on any atom is -0.436 e. The van der Waals surface area contributed by atoms with Crippen LogP contribution >= 0.6 is 11.6 Å². The number of hydrogen-bond donors (Lipinski definition) is 2. The number of nitrogens with one attached hydrogen (secondary N) is 2. The summed E-state index contributed by atoms with van der Waals surface area (Å²) >= 11 is 6.01. The highest BCUT2D eigenvalue weighted by molar-refractivity contribution is 6.30. The molecule has 2 aliphatic rings. The first-order chi connectivity index (χ1) is 19.8. The number of ether oxygens (including phenoxy) is 1. The average molecular weight is 582 g/mol. The van der Waals surface area contributed by atoms with Crippen LogP contribution < -0.4 is 10.6 Å². The lowest BCUT2D eigenvalue weighted by atomic mass is 9.85. The molecule has 0 saturated heterocycles. The summed E-state index contributed by atoms with van der Waals surface area (Å²) in [6.07, 6.45) is 7.41.